The van der Waals surface area contributed by atoms with Gasteiger partial charge in [0.15, 0.2) is 28.4 Å². The lowest BCUT2D eigenvalue weighted by Gasteiger charge is -2.26. The number of ether oxygens (including phenoxy) is 4. The number of carbonyl (C=O) groups is 1. The first-order chi connectivity index (χ1) is 19.8. The lowest BCUT2D eigenvalue weighted by atomic mass is 9.96. The van der Waals surface area contributed by atoms with E-state index in [2.05, 4.69) is 0 Å². The van der Waals surface area contributed by atoms with Crippen molar-refractivity contribution in [2.75, 3.05) is 34.0 Å². The van der Waals surface area contributed by atoms with Crippen molar-refractivity contribution in [2.45, 2.75) is 40.2 Å². The maximum atomic E-state index is 14.1. The molecule has 8 heteroatoms. The summed E-state index contributed by atoms with van der Waals surface area (Å²) in [7, 11) is 3.18. The number of fused-ring (bicyclic) bond motifs is 2. The van der Waals surface area contributed by atoms with Gasteiger partial charge in [0.2, 0.25) is 5.76 Å². The summed E-state index contributed by atoms with van der Waals surface area (Å²) < 4.78 is 28.7. The molecule has 0 saturated heterocycles. The fourth-order valence-corrected chi connectivity index (χ4v) is 5.58. The maximum absolute atomic E-state index is 14.1. The third-order valence-corrected chi connectivity index (χ3v) is 7.37. The highest BCUT2D eigenvalue weighted by atomic mass is 16.5. The van der Waals surface area contributed by atoms with Gasteiger partial charge in [-0.3, -0.25) is 9.59 Å². The van der Waals surface area contributed by atoms with Crippen LogP contribution in [0.5, 0.6) is 23.0 Å². The van der Waals surface area contributed by atoms with Crippen LogP contribution in [-0.2, 0) is 6.42 Å². The van der Waals surface area contributed by atoms with E-state index < -0.39 is 6.04 Å². The molecule has 5 rings (SSSR count). The molecule has 8 nitrogen and oxygen atoms in total. The molecule has 0 radical (unpaired) electrons. The first kappa shape index (κ1) is 28.1. The van der Waals surface area contributed by atoms with Crippen molar-refractivity contribution >= 4 is 16.9 Å². The van der Waals surface area contributed by atoms with Gasteiger partial charge in [0.05, 0.1) is 44.4 Å². The fraction of sp³-hybridized carbons (Fsp3) is 0.333. The van der Waals surface area contributed by atoms with Crippen LogP contribution >= 0.6 is 0 Å². The zero-order valence-electron chi connectivity index (χ0n) is 24.3. The van der Waals surface area contributed by atoms with Crippen LogP contribution in [0.1, 0.15) is 58.3 Å². The Morgan fingerprint density at radius 1 is 0.829 bits per heavy atom. The van der Waals surface area contributed by atoms with Crippen molar-refractivity contribution in [3.8, 4) is 23.0 Å². The predicted octanol–water partition coefficient (Wildman–Crippen LogP) is 6.01. The van der Waals surface area contributed by atoms with Crippen molar-refractivity contribution in [1.29, 1.82) is 0 Å². The molecule has 0 saturated carbocycles. The Hall–Kier alpha value is -4.46. The summed E-state index contributed by atoms with van der Waals surface area (Å²) in [5.74, 6) is 2.17. The van der Waals surface area contributed by atoms with Crippen LogP contribution in [0.3, 0.4) is 0 Å². The zero-order chi connectivity index (χ0) is 29.3. The Kier molecular flexibility index (Phi) is 7.92. The summed E-state index contributed by atoms with van der Waals surface area (Å²) in [5.41, 5.74) is 4.05. The van der Waals surface area contributed by atoms with Gasteiger partial charge in [-0.1, -0.05) is 18.2 Å². The number of hydrogen-bond acceptors (Lipinski definition) is 7. The summed E-state index contributed by atoms with van der Waals surface area (Å²) >= 11 is 0. The normalized spacial score (nSPS) is 14.3. The molecule has 0 bridgehead atoms. The van der Waals surface area contributed by atoms with E-state index in [9.17, 15) is 9.59 Å². The summed E-state index contributed by atoms with van der Waals surface area (Å²) in [6.07, 6.45) is 0.526. The van der Waals surface area contributed by atoms with Gasteiger partial charge in [0.1, 0.15) is 5.58 Å². The molecule has 0 spiro atoms. The molecule has 1 aliphatic rings. The Bertz CT molecular complexity index is 1670. The molecular formula is C33H35NO7. The summed E-state index contributed by atoms with van der Waals surface area (Å²) in [6.45, 7) is 8.90. The van der Waals surface area contributed by atoms with Crippen LogP contribution in [0.2, 0.25) is 0 Å². The van der Waals surface area contributed by atoms with Gasteiger partial charge in [-0.25, -0.2) is 0 Å². The van der Waals surface area contributed by atoms with Gasteiger partial charge >= 0.3 is 0 Å². The van der Waals surface area contributed by atoms with E-state index in [1.54, 1.807) is 19.1 Å². The highest BCUT2D eigenvalue weighted by molar-refractivity contribution is 5.99. The average Bonchev–Trinajstić information content (AvgIpc) is 3.25. The largest absolute Gasteiger partial charge is 0.493 e. The molecule has 3 aromatic carbocycles. The van der Waals surface area contributed by atoms with Gasteiger partial charge in [-0.05, 0) is 86.7 Å². The van der Waals surface area contributed by atoms with Crippen molar-refractivity contribution < 1.29 is 28.2 Å². The second-order valence-electron chi connectivity index (χ2n) is 10.0. The van der Waals surface area contributed by atoms with E-state index in [-0.39, 0.29) is 17.1 Å². The van der Waals surface area contributed by atoms with E-state index in [4.69, 9.17) is 23.4 Å². The molecule has 1 amide bonds. The minimum absolute atomic E-state index is 0.0820. The molecule has 1 aromatic heterocycles. The monoisotopic (exact) mass is 557 g/mol. The molecule has 1 atom stereocenters. The maximum Gasteiger partial charge on any atom is 0.290 e. The van der Waals surface area contributed by atoms with Crippen molar-refractivity contribution in [3.63, 3.8) is 0 Å². The molecule has 1 aliphatic heterocycles. The van der Waals surface area contributed by atoms with E-state index in [1.807, 2.05) is 76.2 Å². The van der Waals surface area contributed by atoms with Crippen LogP contribution in [-0.4, -0.2) is 44.8 Å². The topological polar surface area (TPSA) is 87.4 Å². The summed E-state index contributed by atoms with van der Waals surface area (Å²) in [4.78, 5) is 29.8. The predicted molar refractivity (Wildman–Crippen MR) is 157 cm³/mol. The van der Waals surface area contributed by atoms with E-state index in [0.29, 0.717) is 65.7 Å². The minimum atomic E-state index is -0.658. The summed E-state index contributed by atoms with van der Waals surface area (Å²) in [5, 5.41) is 0.469. The zero-order valence-corrected chi connectivity index (χ0v) is 24.3. The van der Waals surface area contributed by atoms with Gasteiger partial charge in [-0.15, -0.1) is 0 Å². The first-order valence-electron chi connectivity index (χ1n) is 13.8. The van der Waals surface area contributed by atoms with Crippen molar-refractivity contribution in [1.82, 2.24) is 4.90 Å². The third-order valence-electron chi connectivity index (χ3n) is 7.37. The standard InChI is InChI=1S/C33H35NO7/c1-7-39-25-12-10-22(18-27(25)40-8-2)29-28-30(35)23-16-19(3)15-20(4)31(23)41-32(28)33(36)34(29)14-13-21-9-11-24(37-5)26(17-21)38-6/h9-12,15-18,29H,7-8,13-14H2,1-6H3. The lowest BCUT2D eigenvalue weighted by molar-refractivity contribution is 0.0729. The van der Waals surface area contributed by atoms with Crippen LogP contribution in [0.15, 0.2) is 57.7 Å². The van der Waals surface area contributed by atoms with Crippen LogP contribution < -0.4 is 24.4 Å². The van der Waals surface area contributed by atoms with Gasteiger partial charge in [-0.2, -0.15) is 0 Å². The van der Waals surface area contributed by atoms with E-state index >= 15 is 0 Å². The second kappa shape index (κ2) is 11.6. The molecule has 4 aromatic rings. The molecule has 214 valence electrons. The van der Waals surface area contributed by atoms with E-state index in [1.165, 1.54) is 0 Å². The van der Waals surface area contributed by atoms with Crippen LogP contribution in [0, 0.1) is 13.8 Å². The molecule has 0 fully saturated rings. The Morgan fingerprint density at radius 3 is 2.24 bits per heavy atom. The molecule has 41 heavy (non-hydrogen) atoms. The number of methoxy groups -OCH3 is 2. The van der Waals surface area contributed by atoms with Gasteiger partial charge in [0.25, 0.3) is 5.91 Å². The first-order valence-corrected chi connectivity index (χ1v) is 13.8. The number of hydrogen-bond donors (Lipinski definition) is 0. The third kappa shape index (κ3) is 5.10. The quantitative estimate of drug-likeness (QED) is 0.236. The van der Waals surface area contributed by atoms with Crippen LogP contribution in [0.4, 0.5) is 0 Å². The number of nitrogens with zero attached hydrogens (tertiary/aromatic N) is 1. The molecule has 0 aliphatic carbocycles. The Balaban J connectivity index is 1.64. The minimum Gasteiger partial charge on any atom is -0.493 e. The van der Waals surface area contributed by atoms with Crippen LogP contribution in [0.25, 0.3) is 11.0 Å². The summed E-state index contributed by atoms with van der Waals surface area (Å²) in [6, 6.07) is 14.4. The van der Waals surface area contributed by atoms with E-state index in [0.717, 1.165) is 22.3 Å². The molecule has 2 heterocycles. The SMILES string of the molecule is CCOc1ccc(C2c3c(oc4c(C)cc(C)cc4c3=O)C(=O)N2CCc2ccc(OC)c(OC)c2)cc1OCC. The second-order valence-corrected chi connectivity index (χ2v) is 10.0. The smallest absolute Gasteiger partial charge is 0.290 e. The highest BCUT2D eigenvalue weighted by Crippen LogP contribution is 2.41. The molecule has 0 N–H and O–H groups in total. The van der Waals surface area contributed by atoms with Gasteiger partial charge < -0.3 is 28.3 Å². The number of rotatable bonds is 10. The molecular weight excluding hydrogens is 522 g/mol. The van der Waals surface area contributed by atoms with Crippen molar-refractivity contribution in [2.24, 2.45) is 0 Å². The average molecular weight is 558 g/mol. The highest BCUT2D eigenvalue weighted by Gasteiger charge is 2.43. The Morgan fingerprint density at radius 2 is 1.54 bits per heavy atom. The Labute approximate surface area is 239 Å². The lowest BCUT2D eigenvalue weighted by Crippen LogP contribution is -2.31. The number of benzene rings is 3. The van der Waals surface area contributed by atoms with Gasteiger partial charge in [0, 0.05) is 6.54 Å². The number of aryl methyl sites for hydroxylation is 2. The fourth-order valence-electron chi connectivity index (χ4n) is 5.58. The number of amides is 1. The number of carbonyl (C=O) groups excluding carboxylic acids is 1. The molecule has 1 unspecified atom stereocenters. The van der Waals surface area contributed by atoms with Crippen molar-refractivity contribution in [3.05, 3.63) is 92.3 Å².